The highest BCUT2D eigenvalue weighted by atomic mass is 35.5. The Morgan fingerprint density at radius 2 is 1.80 bits per heavy atom. The first-order valence-electron chi connectivity index (χ1n) is 7.67. The van der Waals surface area contributed by atoms with Crippen molar-refractivity contribution in [2.24, 2.45) is 0 Å². The van der Waals surface area contributed by atoms with Gasteiger partial charge >= 0.3 is 5.97 Å². The average molecular weight is 366 g/mol. The van der Waals surface area contributed by atoms with E-state index in [0.717, 1.165) is 19.3 Å². The molecule has 0 spiro atoms. The van der Waals surface area contributed by atoms with E-state index in [1.54, 1.807) is 6.07 Å². The van der Waals surface area contributed by atoms with Crippen LogP contribution in [0.3, 0.4) is 0 Å². The molecule has 1 N–H and O–H groups in total. The minimum Gasteiger partial charge on any atom is -0.452 e. The number of anilines is 1. The predicted molar refractivity (Wildman–Crippen MR) is 88.7 cm³/mol. The summed E-state index contributed by atoms with van der Waals surface area (Å²) in [5.41, 5.74) is 2.75. The van der Waals surface area contributed by atoms with E-state index in [-0.39, 0.29) is 10.6 Å². The van der Waals surface area contributed by atoms with Crippen LogP contribution in [0.15, 0.2) is 30.3 Å². The van der Waals surface area contributed by atoms with Crippen molar-refractivity contribution in [2.45, 2.75) is 19.3 Å². The van der Waals surface area contributed by atoms with Crippen LogP contribution in [0.2, 0.25) is 5.02 Å². The maximum atomic E-state index is 13.2. The van der Waals surface area contributed by atoms with Crippen LogP contribution in [0.4, 0.5) is 14.5 Å². The first-order chi connectivity index (χ1) is 11.9. The second kappa shape index (κ2) is 7.19. The van der Waals surface area contributed by atoms with Crippen molar-refractivity contribution in [2.75, 3.05) is 11.9 Å². The Labute approximate surface area is 147 Å². The molecule has 7 heteroatoms. The third-order valence-electron chi connectivity index (χ3n) is 3.95. The smallest absolute Gasteiger partial charge is 0.340 e. The number of fused-ring (bicyclic) bond motifs is 1. The quantitative estimate of drug-likeness (QED) is 0.660. The fourth-order valence-corrected chi connectivity index (χ4v) is 2.96. The van der Waals surface area contributed by atoms with Gasteiger partial charge in [0.15, 0.2) is 18.2 Å². The van der Waals surface area contributed by atoms with Crippen molar-refractivity contribution in [3.63, 3.8) is 0 Å². The van der Waals surface area contributed by atoms with Crippen molar-refractivity contribution in [3.8, 4) is 0 Å². The topological polar surface area (TPSA) is 55.4 Å². The number of hydrogen-bond acceptors (Lipinski definition) is 3. The summed E-state index contributed by atoms with van der Waals surface area (Å²) < 4.78 is 31.0. The first kappa shape index (κ1) is 17.4. The van der Waals surface area contributed by atoms with Crippen molar-refractivity contribution < 1.29 is 23.1 Å². The van der Waals surface area contributed by atoms with Gasteiger partial charge in [-0.1, -0.05) is 17.7 Å². The Bertz CT molecular complexity index is 854. The Hall–Kier alpha value is -2.47. The van der Waals surface area contributed by atoms with Gasteiger partial charge < -0.3 is 10.1 Å². The highest BCUT2D eigenvalue weighted by molar-refractivity contribution is 6.33. The van der Waals surface area contributed by atoms with Crippen molar-refractivity contribution in [1.82, 2.24) is 0 Å². The number of ether oxygens (including phenoxy) is 1. The zero-order chi connectivity index (χ0) is 18.0. The molecule has 1 aliphatic rings. The zero-order valence-electron chi connectivity index (χ0n) is 13.1. The lowest BCUT2D eigenvalue weighted by Crippen LogP contribution is -2.21. The van der Waals surface area contributed by atoms with E-state index in [2.05, 4.69) is 5.32 Å². The van der Waals surface area contributed by atoms with Crippen LogP contribution in [-0.2, 0) is 22.4 Å². The number of benzene rings is 2. The minimum atomic E-state index is -1.22. The molecular formula is C18H14ClF2NO3. The first-order valence-corrected chi connectivity index (χ1v) is 8.05. The van der Waals surface area contributed by atoms with Gasteiger partial charge in [-0.3, -0.25) is 4.79 Å². The molecule has 2 aromatic carbocycles. The largest absolute Gasteiger partial charge is 0.452 e. The summed E-state index contributed by atoms with van der Waals surface area (Å²) in [5.74, 6) is -3.94. The van der Waals surface area contributed by atoms with Gasteiger partial charge in [-0.05, 0) is 54.7 Å². The summed E-state index contributed by atoms with van der Waals surface area (Å²) in [5, 5.41) is 2.34. The van der Waals surface area contributed by atoms with Crippen LogP contribution < -0.4 is 5.32 Å². The minimum absolute atomic E-state index is 0.289. The van der Waals surface area contributed by atoms with E-state index < -0.39 is 30.1 Å². The van der Waals surface area contributed by atoms with Gasteiger partial charge in [0.1, 0.15) is 0 Å². The molecule has 2 aromatic rings. The highest BCUT2D eigenvalue weighted by Gasteiger charge is 2.18. The molecule has 0 radical (unpaired) electrons. The zero-order valence-corrected chi connectivity index (χ0v) is 13.8. The van der Waals surface area contributed by atoms with Gasteiger partial charge in [-0.25, -0.2) is 13.6 Å². The fraction of sp³-hybridized carbons (Fsp3) is 0.222. The Kier molecular flexibility index (Phi) is 4.99. The molecule has 130 valence electrons. The summed E-state index contributed by atoms with van der Waals surface area (Å²) in [6.45, 7) is -0.564. The summed E-state index contributed by atoms with van der Waals surface area (Å²) in [4.78, 5) is 23.8. The van der Waals surface area contributed by atoms with Gasteiger partial charge in [0.05, 0.1) is 10.6 Å². The number of halogens is 3. The molecule has 0 bridgehead atoms. The SMILES string of the molecule is O=C(COC(=O)c1cc(F)c(F)cc1Cl)Nc1ccc2c(c1)CCC2. The molecule has 0 saturated carbocycles. The predicted octanol–water partition coefficient (Wildman–Crippen LogP) is 3.90. The summed E-state index contributed by atoms with van der Waals surface area (Å²) in [6.07, 6.45) is 3.11. The molecule has 0 unspecified atom stereocenters. The number of aryl methyl sites for hydroxylation is 2. The number of amides is 1. The van der Waals surface area contributed by atoms with Gasteiger partial charge in [-0.15, -0.1) is 0 Å². The van der Waals surface area contributed by atoms with E-state index in [0.29, 0.717) is 17.8 Å². The molecule has 3 rings (SSSR count). The third kappa shape index (κ3) is 3.96. The van der Waals surface area contributed by atoms with Gasteiger partial charge in [0.2, 0.25) is 0 Å². The second-order valence-electron chi connectivity index (χ2n) is 5.71. The highest BCUT2D eigenvalue weighted by Crippen LogP contribution is 2.25. The fourth-order valence-electron chi connectivity index (χ4n) is 2.73. The third-order valence-corrected chi connectivity index (χ3v) is 4.26. The van der Waals surface area contributed by atoms with Crippen LogP contribution in [0, 0.1) is 11.6 Å². The van der Waals surface area contributed by atoms with Crippen molar-refractivity contribution in [1.29, 1.82) is 0 Å². The van der Waals surface area contributed by atoms with Gasteiger partial charge in [-0.2, -0.15) is 0 Å². The Morgan fingerprint density at radius 1 is 1.08 bits per heavy atom. The van der Waals surface area contributed by atoms with Crippen LogP contribution in [0.1, 0.15) is 27.9 Å². The molecule has 25 heavy (non-hydrogen) atoms. The molecule has 0 saturated heterocycles. The molecule has 0 fully saturated rings. The number of carbonyl (C=O) groups is 2. The van der Waals surface area contributed by atoms with E-state index in [4.69, 9.17) is 16.3 Å². The maximum absolute atomic E-state index is 13.2. The lowest BCUT2D eigenvalue weighted by atomic mass is 10.1. The lowest BCUT2D eigenvalue weighted by Gasteiger charge is -2.09. The van der Waals surface area contributed by atoms with Crippen molar-refractivity contribution in [3.05, 3.63) is 63.7 Å². The number of carbonyl (C=O) groups excluding carboxylic acids is 2. The maximum Gasteiger partial charge on any atom is 0.340 e. The summed E-state index contributed by atoms with van der Waals surface area (Å²) in [6, 6.07) is 6.96. The number of nitrogens with one attached hydrogen (secondary N) is 1. The van der Waals surface area contributed by atoms with Gasteiger partial charge in [0.25, 0.3) is 5.91 Å². The van der Waals surface area contributed by atoms with Crippen LogP contribution >= 0.6 is 11.6 Å². The standard InChI is InChI=1S/C18H14ClF2NO3/c19-14-8-16(21)15(20)7-13(14)18(24)25-9-17(23)22-12-5-4-10-2-1-3-11(10)6-12/h4-8H,1-3,9H2,(H,22,23). The van der Waals surface area contributed by atoms with Crippen LogP contribution in [-0.4, -0.2) is 18.5 Å². The molecule has 1 aliphatic carbocycles. The molecule has 0 atom stereocenters. The molecule has 4 nitrogen and oxygen atoms in total. The van der Waals surface area contributed by atoms with Gasteiger partial charge in [0, 0.05) is 5.69 Å². The number of esters is 1. The summed E-state index contributed by atoms with van der Waals surface area (Å²) >= 11 is 5.69. The summed E-state index contributed by atoms with van der Waals surface area (Å²) in [7, 11) is 0. The molecular weight excluding hydrogens is 352 g/mol. The Balaban J connectivity index is 1.59. The second-order valence-corrected chi connectivity index (χ2v) is 6.11. The van der Waals surface area contributed by atoms with E-state index >= 15 is 0 Å². The van der Waals surface area contributed by atoms with Crippen LogP contribution in [0.25, 0.3) is 0 Å². The average Bonchev–Trinajstić information content (AvgIpc) is 3.03. The molecule has 0 aliphatic heterocycles. The molecule has 0 aromatic heterocycles. The lowest BCUT2D eigenvalue weighted by molar-refractivity contribution is -0.119. The number of hydrogen-bond donors (Lipinski definition) is 1. The molecule has 1 amide bonds. The Morgan fingerprint density at radius 3 is 2.60 bits per heavy atom. The van der Waals surface area contributed by atoms with E-state index in [1.165, 1.54) is 11.1 Å². The van der Waals surface area contributed by atoms with E-state index in [9.17, 15) is 18.4 Å². The normalized spacial score (nSPS) is 12.6. The number of rotatable bonds is 4. The van der Waals surface area contributed by atoms with E-state index in [1.807, 2.05) is 12.1 Å². The monoisotopic (exact) mass is 365 g/mol. The molecule has 0 heterocycles. The van der Waals surface area contributed by atoms with Crippen molar-refractivity contribution >= 4 is 29.2 Å². The van der Waals surface area contributed by atoms with Crippen LogP contribution in [0.5, 0.6) is 0 Å².